The van der Waals surface area contributed by atoms with Gasteiger partial charge in [0.2, 0.25) is 0 Å². The molecule has 1 aromatic carbocycles. The molecule has 2 N–H and O–H groups in total. The molecule has 1 heterocycles. The summed E-state index contributed by atoms with van der Waals surface area (Å²) in [5.41, 5.74) is 0.775. The van der Waals surface area contributed by atoms with Gasteiger partial charge in [-0.25, -0.2) is 0 Å². The van der Waals surface area contributed by atoms with Crippen molar-refractivity contribution in [1.82, 2.24) is 0 Å². The van der Waals surface area contributed by atoms with E-state index in [1.54, 1.807) is 25.3 Å². The van der Waals surface area contributed by atoms with E-state index in [0.717, 1.165) is 11.4 Å². The second kappa shape index (κ2) is 4.30. The van der Waals surface area contributed by atoms with Gasteiger partial charge >= 0.3 is 5.97 Å². The standard InChI is InChI=1S/C11H13NO4/c1-15-8-2-3-10-9(5-8)12-7(6-16-10)4-11(13)14/h2-3,5,7,12H,4,6H2,1H3,(H,13,14). The number of carboxylic acid groups (broad SMARTS) is 1. The molecule has 1 aliphatic rings. The van der Waals surface area contributed by atoms with Crippen molar-refractivity contribution in [3.05, 3.63) is 18.2 Å². The fourth-order valence-corrected chi connectivity index (χ4v) is 1.65. The summed E-state index contributed by atoms with van der Waals surface area (Å²) in [5, 5.41) is 11.8. The highest BCUT2D eigenvalue weighted by atomic mass is 16.5. The molecule has 0 aliphatic carbocycles. The molecular formula is C11H13NO4. The van der Waals surface area contributed by atoms with Crippen LogP contribution in [-0.4, -0.2) is 30.8 Å². The molecule has 16 heavy (non-hydrogen) atoms. The van der Waals surface area contributed by atoms with Gasteiger partial charge in [0.15, 0.2) is 0 Å². The molecular weight excluding hydrogens is 210 g/mol. The van der Waals surface area contributed by atoms with Gasteiger partial charge in [-0.15, -0.1) is 0 Å². The molecule has 2 rings (SSSR count). The maximum Gasteiger partial charge on any atom is 0.305 e. The normalized spacial score (nSPS) is 17.9. The van der Waals surface area contributed by atoms with Crippen LogP contribution in [0.2, 0.25) is 0 Å². The van der Waals surface area contributed by atoms with Crippen molar-refractivity contribution in [2.45, 2.75) is 12.5 Å². The first-order valence-corrected chi connectivity index (χ1v) is 4.98. The second-order valence-corrected chi connectivity index (χ2v) is 3.61. The number of ether oxygens (including phenoxy) is 2. The molecule has 0 saturated carbocycles. The number of aliphatic carboxylic acids is 1. The lowest BCUT2D eigenvalue weighted by atomic mass is 10.1. The summed E-state index contributed by atoms with van der Waals surface area (Å²) in [5.74, 6) is 0.598. The van der Waals surface area contributed by atoms with Crippen LogP contribution in [0.5, 0.6) is 11.5 Å². The molecule has 1 unspecified atom stereocenters. The van der Waals surface area contributed by atoms with Crippen molar-refractivity contribution in [2.24, 2.45) is 0 Å². The average molecular weight is 223 g/mol. The van der Waals surface area contributed by atoms with Crippen LogP contribution in [0, 0.1) is 0 Å². The Balaban J connectivity index is 2.14. The Morgan fingerprint density at radius 2 is 2.50 bits per heavy atom. The van der Waals surface area contributed by atoms with Crippen LogP contribution in [-0.2, 0) is 4.79 Å². The van der Waals surface area contributed by atoms with Crippen LogP contribution in [0.3, 0.4) is 0 Å². The Hall–Kier alpha value is -1.91. The van der Waals surface area contributed by atoms with E-state index in [4.69, 9.17) is 14.6 Å². The number of anilines is 1. The molecule has 0 radical (unpaired) electrons. The second-order valence-electron chi connectivity index (χ2n) is 3.61. The molecule has 0 amide bonds. The van der Waals surface area contributed by atoms with Crippen LogP contribution >= 0.6 is 0 Å². The fourth-order valence-electron chi connectivity index (χ4n) is 1.65. The number of benzene rings is 1. The molecule has 0 bridgehead atoms. The number of hydrogen-bond acceptors (Lipinski definition) is 4. The lowest BCUT2D eigenvalue weighted by Gasteiger charge is -2.26. The van der Waals surface area contributed by atoms with E-state index in [2.05, 4.69) is 5.32 Å². The van der Waals surface area contributed by atoms with Gasteiger partial charge in [0, 0.05) is 6.07 Å². The van der Waals surface area contributed by atoms with Crippen LogP contribution < -0.4 is 14.8 Å². The largest absolute Gasteiger partial charge is 0.497 e. The first-order valence-electron chi connectivity index (χ1n) is 4.98. The van der Waals surface area contributed by atoms with Crippen molar-refractivity contribution in [1.29, 1.82) is 0 Å². The predicted molar refractivity (Wildman–Crippen MR) is 58.2 cm³/mol. The van der Waals surface area contributed by atoms with Crippen molar-refractivity contribution in [3.63, 3.8) is 0 Å². The van der Waals surface area contributed by atoms with Crippen LogP contribution in [0.25, 0.3) is 0 Å². The molecule has 0 spiro atoms. The highest BCUT2D eigenvalue weighted by molar-refractivity contribution is 5.69. The zero-order valence-corrected chi connectivity index (χ0v) is 8.90. The molecule has 5 nitrogen and oxygen atoms in total. The van der Waals surface area contributed by atoms with Crippen molar-refractivity contribution in [3.8, 4) is 11.5 Å². The first-order chi connectivity index (χ1) is 7.69. The van der Waals surface area contributed by atoms with Crippen LogP contribution in [0.1, 0.15) is 6.42 Å². The van der Waals surface area contributed by atoms with E-state index in [-0.39, 0.29) is 12.5 Å². The van der Waals surface area contributed by atoms with Gasteiger partial charge in [-0.05, 0) is 12.1 Å². The fraction of sp³-hybridized carbons (Fsp3) is 0.364. The first kappa shape index (κ1) is 10.6. The smallest absolute Gasteiger partial charge is 0.305 e. The summed E-state index contributed by atoms with van der Waals surface area (Å²) in [6, 6.07) is 5.21. The topological polar surface area (TPSA) is 67.8 Å². The molecule has 0 saturated heterocycles. The Labute approximate surface area is 93.0 Å². The monoisotopic (exact) mass is 223 g/mol. The number of carboxylic acids is 1. The molecule has 0 aromatic heterocycles. The van der Waals surface area contributed by atoms with Crippen LogP contribution in [0.15, 0.2) is 18.2 Å². The van der Waals surface area contributed by atoms with Crippen LogP contribution in [0.4, 0.5) is 5.69 Å². The minimum Gasteiger partial charge on any atom is -0.497 e. The molecule has 5 heteroatoms. The number of fused-ring (bicyclic) bond motifs is 1. The van der Waals surface area contributed by atoms with E-state index in [9.17, 15) is 4.79 Å². The van der Waals surface area contributed by atoms with Crippen molar-refractivity contribution < 1.29 is 19.4 Å². The predicted octanol–water partition coefficient (Wildman–Crippen LogP) is 1.34. The zero-order valence-electron chi connectivity index (χ0n) is 8.90. The number of nitrogens with one attached hydrogen (secondary N) is 1. The number of methoxy groups -OCH3 is 1. The zero-order chi connectivity index (χ0) is 11.5. The number of carbonyl (C=O) groups is 1. The minimum atomic E-state index is -0.840. The summed E-state index contributed by atoms with van der Waals surface area (Å²) in [6.07, 6.45) is 0.0383. The summed E-state index contributed by atoms with van der Waals surface area (Å²) in [6.45, 7) is 0.367. The third-order valence-electron chi connectivity index (χ3n) is 2.41. The molecule has 86 valence electrons. The van der Waals surface area contributed by atoms with E-state index in [1.165, 1.54) is 0 Å². The Morgan fingerprint density at radius 1 is 1.69 bits per heavy atom. The third-order valence-corrected chi connectivity index (χ3v) is 2.41. The summed E-state index contributed by atoms with van der Waals surface area (Å²) < 4.78 is 10.5. The maximum absolute atomic E-state index is 10.6. The number of rotatable bonds is 3. The molecule has 0 fully saturated rings. The van der Waals surface area contributed by atoms with E-state index >= 15 is 0 Å². The van der Waals surface area contributed by atoms with Gasteiger partial charge in [-0.1, -0.05) is 0 Å². The van der Waals surface area contributed by atoms with E-state index < -0.39 is 5.97 Å². The van der Waals surface area contributed by atoms with Gasteiger partial charge in [0.25, 0.3) is 0 Å². The van der Waals surface area contributed by atoms with Gasteiger partial charge in [-0.3, -0.25) is 4.79 Å². The van der Waals surface area contributed by atoms with E-state index in [0.29, 0.717) is 12.4 Å². The Bertz CT molecular complexity index is 405. The Morgan fingerprint density at radius 3 is 3.19 bits per heavy atom. The van der Waals surface area contributed by atoms with Gasteiger partial charge in [-0.2, -0.15) is 0 Å². The van der Waals surface area contributed by atoms with Crippen molar-refractivity contribution >= 4 is 11.7 Å². The molecule has 1 aromatic rings. The number of hydrogen-bond donors (Lipinski definition) is 2. The molecule has 1 aliphatic heterocycles. The maximum atomic E-state index is 10.6. The highest BCUT2D eigenvalue weighted by Crippen LogP contribution is 2.32. The summed E-state index contributed by atoms with van der Waals surface area (Å²) in [7, 11) is 1.58. The summed E-state index contributed by atoms with van der Waals surface area (Å²) >= 11 is 0. The van der Waals surface area contributed by atoms with Gasteiger partial charge in [0.1, 0.15) is 18.1 Å². The van der Waals surface area contributed by atoms with Gasteiger partial charge in [0.05, 0.1) is 25.3 Å². The summed E-state index contributed by atoms with van der Waals surface area (Å²) in [4.78, 5) is 10.6. The third kappa shape index (κ3) is 2.18. The Kier molecular flexibility index (Phi) is 2.85. The van der Waals surface area contributed by atoms with Crippen molar-refractivity contribution in [2.75, 3.05) is 19.0 Å². The minimum absolute atomic E-state index is 0.0383. The average Bonchev–Trinajstić information content (AvgIpc) is 2.27. The SMILES string of the molecule is COc1ccc2c(c1)NC(CC(=O)O)CO2. The quantitative estimate of drug-likeness (QED) is 0.809. The van der Waals surface area contributed by atoms with E-state index in [1.807, 2.05) is 0 Å². The van der Waals surface area contributed by atoms with Gasteiger partial charge < -0.3 is 19.9 Å². The lowest BCUT2D eigenvalue weighted by Crippen LogP contribution is -2.33. The highest BCUT2D eigenvalue weighted by Gasteiger charge is 2.21. The lowest BCUT2D eigenvalue weighted by molar-refractivity contribution is -0.137. The molecule has 1 atom stereocenters.